The zero-order valence-corrected chi connectivity index (χ0v) is 14.0. The Bertz CT molecular complexity index is 741. The number of rotatable bonds is 4. The minimum Gasteiger partial charge on any atom is -0.366 e. The average molecular weight is 352 g/mol. The predicted octanol–water partition coefficient (Wildman–Crippen LogP) is -0.828. The molecule has 1 aromatic heterocycles. The Morgan fingerprint density at radius 1 is 1.21 bits per heavy atom. The molecule has 0 radical (unpaired) electrons. The average Bonchev–Trinajstić information content (AvgIpc) is 3.14. The molecule has 0 aliphatic carbocycles. The van der Waals surface area contributed by atoms with Crippen LogP contribution in [0.25, 0.3) is 0 Å². The van der Waals surface area contributed by atoms with Crippen molar-refractivity contribution in [2.45, 2.75) is 24.9 Å². The Hall–Kier alpha value is -2.00. The molecule has 2 amide bonds. The molecule has 3 heterocycles. The molecule has 130 valence electrons. The van der Waals surface area contributed by atoms with E-state index in [2.05, 4.69) is 15.2 Å². The second kappa shape index (κ2) is 6.48. The fourth-order valence-electron chi connectivity index (χ4n) is 3.32. The third-order valence-corrected chi connectivity index (χ3v) is 6.25. The lowest BCUT2D eigenvalue weighted by molar-refractivity contribution is 0.0911. The highest BCUT2D eigenvalue weighted by Gasteiger charge is 2.42. The van der Waals surface area contributed by atoms with Gasteiger partial charge in [-0.1, -0.05) is 0 Å². The number of sulfone groups is 1. The van der Waals surface area contributed by atoms with Crippen LogP contribution in [0.4, 0.5) is 0 Å². The van der Waals surface area contributed by atoms with E-state index < -0.39 is 27.7 Å². The van der Waals surface area contributed by atoms with Gasteiger partial charge in [-0.3, -0.25) is 19.5 Å². The maximum absolute atomic E-state index is 12.4. The first-order chi connectivity index (χ1) is 11.4. The normalized spacial score (nSPS) is 26.3. The maximum atomic E-state index is 12.4. The van der Waals surface area contributed by atoms with Crippen LogP contribution in [0.5, 0.6) is 0 Å². The van der Waals surface area contributed by atoms with E-state index >= 15 is 0 Å². The molecule has 0 spiro atoms. The highest BCUT2D eigenvalue weighted by Crippen LogP contribution is 2.22. The number of amides is 2. The summed E-state index contributed by atoms with van der Waals surface area (Å²) in [7, 11) is -3.17. The van der Waals surface area contributed by atoms with Crippen molar-refractivity contribution in [3.05, 3.63) is 29.6 Å². The molecule has 0 bridgehead atoms. The summed E-state index contributed by atoms with van der Waals surface area (Å²) in [5.74, 6) is -1.05. The lowest BCUT2D eigenvalue weighted by Crippen LogP contribution is -2.50. The number of nitrogens with two attached hydrogens (primary N) is 1. The van der Waals surface area contributed by atoms with Crippen molar-refractivity contribution in [3.8, 4) is 0 Å². The Labute approximate surface area is 140 Å². The number of nitrogens with zero attached hydrogens (tertiary/aromatic N) is 2. The van der Waals surface area contributed by atoms with Crippen molar-refractivity contribution in [1.29, 1.82) is 0 Å². The summed E-state index contributed by atoms with van der Waals surface area (Å²) in [6, 6.07) is 2.20. The summed E-state index contributed by atoms with van der Waals surface area (Å²) < 4.78 is 24.0. The fourth-order valence-corrected chi connectivity index (χ4v) is 5.27. The van der Waals surface area contributed by atoms with Crippen LogP contribution in [0.1, 0.15) is 33.7 Å². The number of primary amides is 1. The van der Waals surface area contributed by atoms with Crippen molar-refractivity contribution in [2.24, 2.45) is 5.73 Å². The SMILES string of the molecule is NC(=O)c1ccc(C(=O)N[C@H]2CS(=O)(=O)C[C@H]2N2CCCC2)nc1. The lowest BCUT2D eigenvalue weighted by atomic mass is 10.1. The van der Waals surface area contributed by atoms with Gasteiger partial charge in [-0.15, -0.1) is 0 Å². The molecule has 0 aromatic carbocycles. The zero-order valence-electron chi connectivity index (χ0n) is 13.1. The van der Waals surface area contributed by atoms with Gasteiger partial charge in [-0.05, 0) is 38.1 Å². The molecule has 2 aliphatic rings. The summed E-state index contributed by atoms with van der Waals surface area (Å²) in [6.45, 7) is 1.72. The largest absolute Gasteiger partial charge is 0.366 e. The van der Waals surface area contributed by atoms with Crippen LogP contribution in [0.15, 0.2) is 18.3 Å². The van der Waals surface area contributed by atoms with E-state index in [0.717, 1.165) is 25.9 Å². The van der Waals surface area contributed by atoms with Crippen molar-refractivity contribution < 1.29 is 18.0 Å². The number of carbonyl (C=O) groups is 2. The summed E-state index contributed by atoms with van der Waals surface area (Å²) in [6.07, 6.45) is 3.33. The van der Waals surface area contributed by atoms with Gasteiger partial charge in [-0.2, -0.15) is 0 Å². The maximum Gasteiger partial charge on any atom is 0.270 e. The van der Waals surface area contributed by atoms with Gasteiger partial charge in [0.05, 0.1) is 23.1 Å². The monoisotopic (exact) mass is 352 g/mol. The Kier molecular flexibility index (Phi) is 4.55. The van der Waals surface area contributed by atoms with Gasteiger partial charge in [-0.25, -0.2) is 8.42 Å². The van der Waals surface area contributed by atoms with Gasteiger partial charge in [0.15, 0.2) is 9.84 Å². The first-order valence-corrected chi connectivity index (χ1v) is 9.69. The van der Waals surface area contributed by atoms with Gasteiger partial charge in [0.1, 0.15) is 5.69 Å². The number of hydrogen-bond donors (Lipinski definition) is 2. The third-order valence-electron chi connectivity index (χ3n) is 4.53. The standard InChI is InChI=1S/C15H20N4O4S/c16-14(20)10-3-4-11(17-7-10)15(21)18-12-8-24(22,23)9-13(12)19-5-1-2-6-19/h3-4,7,12-13H,1-2,5-6,8-9H2,(H2,16,20)(H,18,21)/t12-,13+/m0/s1. The summed E-state index contributed by atoms with van der Waals surface area (Å²) >= 11 is 0. The van der Waals surface area contributed by atoms with E-state index in [1.54, 1.807) is 0 Å². The van der Waals surface area contributed by atoms with Gasteiger partial charge in [0.2, 0.25) is 5.91 Å². The molecule has 0 unspecified atom stereocenters. The van der Waals surface area contributed by atoms with Crippen LogP contribution in [0.2, 0.25) is 0 Å². The van der Waals surface area contributed by atoms with Crippen LogP contribution < -0.4 is 11.1 Å². The molecule has 3 rings (SSSR count). The van der Waals surface area contributed by atoms with E-state index in [0.29, 0.717) is 0 Å². The van der Waals surface area contributed by atoms with E-state index in [1.165, 1.54) is 18.3 Å². The van der Waals surface area contributed by atoms with Crippen molar-refractivity contribution in [2.75, 3.05) is 24.6 Å². The summed E-state index contributed by atoms with van der Waals surface area (Å²) in [5, 5.41) is 2.79. The molecule has 2 saturated heterocycles. The number of pyridine rings is 1. The molecular weight excluding hydrogens is 332 g/mol. The van der Waals surface area contributed by atoms with E-state index in [-0.39, 0.29) is 28.8 Å². The molecule has 0 saturated carbocycles. The number of nitrogens with one attached hydrogen (secondary N) is 1. The summed E-state index contributed by atoms with van der Waals surface area (Å²) in [5.41, 5.74) is 5.48. The molecule has 1 aromatic rings. The highest BCUT2D eigenvalue weighted by atomic mass is 32.2. The van der Waals surface area contributed by atoms with Crippen LogP contribution in [0.3, 0.4) is 0 Å². The second-order valence-corrected chi connectivity index (χ2v) is 8.42. The van der Waals surface area contributed by atoms with E-state index in [1.807, 2.05) is 0 Å². The van der Waals surface area contributed by atoms with Gasteiger partial charge < -0.3 is 11.1 Å². The summed E-state index contributed by atoms with van der Waals surface area (Å²) in [4.78, 5) is 29.4. The zero-order chi connectivity index (χ0) is 17.3. The molecule has 2 fully saturated rings. The van der Waals surface area contributed by atoms with Crippen molar-refractivity contribution >= 4 is 21.7 Å². The molecular formula is C15H20N4O4S. The smallest absolute Gasteiger partial charge is 0.270 e. The Morgan fingerprint density at radius 3 is 2.50 bits per heavy atom. The number of aromatic nitrogens is 1. The number of likely N-dealkylation sites (tertiary alicyclic amines) is 1. The quantitative estimate of drug-likeness (QED) is 0.729. The molecule has 2 atom stereocenters. The van der Waals surface area contributed by atoms with Crippen molar-refractivity contribution in [3.63, 3.8) is 0 Å². The van der Waals surface area contributed by atoms with Gasteiger partial charge in [0, 0.05) is 12.2 Å². The minimum atomic E-state index is -3.17. The third kappa shape index (κ3) is 3.57. The van der Waals surface area contributed by atoms with E-state index in [4.69, 9.17) is 5.73 Å². The van der Waals surface area contributed by atoms with Crippen LogP contribution in [0, 0.1) is 0 Å². The van der Waals surface area contributed by atoms with Gasteiger partial charge in [0.25, 0.3) is 5.91 Å². The first-order valence-electron chi connectivity index (χ1n) is 7.87. The molecule has 2 aliphatic heterocycles. The number of carbonyl (C=O) groups excluding carboxylic acids is 2. The topological polar surface area (TPSA) is 122 Å². The fraction of sp³-hybridized carbons (Fsp3) is 0.533. The van der Waals surface area contributed by atoms with Crippen molar-refractivity contribution in [1.82, 2.24) is 15.2 Å². The van der Waals surface area contributed by atoms with Crippen LogP contribution >= 0.6 is 0 Å². The van der Waals surface area contributed by atoms with Gasteiger partial charge >= 0.3 is 0 Å². The van der Waals surface area contributed by atoms with Crippen LogP contribution in [-0.4, -0.2) is 66.8 Å². The first kappa shape index (κ1) is 16.8. The second-order valence-electron chi connectivity index (χ2n) is 6.26. The molecule has 8 nitrogen and oxygen atoms in total. The number of hydrogen-bond acceptors (Lipinski definition) is 6. The van der Waals surface area contributed by atoms with Crippen LogP contribution in [-0.2, 0) is 9.84 Å². The molecule has 24 heavy (non-hydrogen) atoms. The Balaban J connectivity index is 1.72. The lowest BCUT2D eigenvalue weighted by Gasteiger charge is -2.28. The molecule has 9 heteroatoms. The highest BCUT2D eigenvalue weighted by molar-refractivity contribution is 7.91. The predicted molar refractivity (Wildman–Crippen MR) is 87.3 cm³/mol. The minimum absolute atomic E-state index is 0.0563. The molecule has 3 N–H and O–H groups in total. The van der Waals surface area contributed by atoms with E-state index in [9.17, 15) is 18.0 Å². The Morgan fingerprint density at radius 2 is 1.92 bits per heavy atom.